The van der Waals surface area contributed by atoms with E-state index in [1.165, 1.54) is 0 Å². The van der Waals surface area contributed by atoms with Gasteiger partial charge in [0, 0.05) is 17.4 Å². The van der Waals surface area contributed by atoms with Crippen LogP contribution >= 0.6 is 11.8 Å². The standard InChI is InChI=1S/C16H22N2OS/c1-4-14(11-20-3)18-16(19)15-8-7-12(2)10-13(15)6-5-9-17/h7-8,10,14H,4,9,11,17H2,1-3H3,(H,18,19). The van der Waals surface area contributed by atoms with Crippen LogP contribution in [0.15, 0.2) is 18.2 Å². The van der Waals surface area contributed by atoms with Crippen LogP contribution in [0.5, 0.6) is 0 Å². The summed E-state index contributed by atoms with van der Waals surface area (Å²) in [5.74, 6) is 6.64. The van der Waals surface area contributed by atoms with Crippen molar-refractivity contribution in [1.82, 2.24) is 5.32 Å². The van der Waals surface area contributed by atoms with Gasteiger partial charge < -0.3 is 11.1 Å². The second-order valence-corrected chi connectivity index (χ2v) is 5.50. The summed E-state index contributed by atoms with van der Waals surface area (Å²) in [5, 5.41) is 3.06. The van der Waals surface area contributed by atoms with Crippen LogP contribution in [0.4, 0.5) is 0 Å². The lowest BCUT2D eigenvalue weighted by molar-refractivity contribution is 0.0940. The van der Waals surface area contributed by atoms with Gasteiger partial charge in [0.2, 0.25) is 0 Å². The number of hydrogen-bond acceptors (Lipinski definition) is 3. The van der Waals surface area contributed by atoms with E-state index >= 15 is 0 Å². The van der Waals surface area contributed by atoms with Crippen molar-refractivity contribution in [3.63, 3.8) is 0 Å². The lowest BCUT2D eigenvalue weighted by Crippen LogP contribution is -2.36. The van der Waals surface area contributed by atoms with Gasteiger partial charge in [0.05, 0.1) is 12.1 Å². The Morgan fingerprint density at radius 2 is 2.25 bits per heavy atom. The molecule has 1 amide bonds. The summed E-state index contributed by atoms with van der Waals surface area (Å²) in [7, 11) is 0. The van der Waals surface area contributed by atoms with Crippen molar-refractivity contribution in [3.05, 3.63) is 34.9 Å². The van der Waals surface area contributed by atoms with Crippen molar-refractivity contribution in [1.29, 1.82) is 0 Å². The minimum absolute atomic E-state index is 0.0628. The van der Waals surface area contributed by atoms with Crippen molar-refractivity contribution in [3.8, 4) is 11.8 Å². The Morgan fingerprint density at radius 1 is 1.50 bits per heavy atom. The number of carbonyl (C=O) groups is 1. The van der Waals surface area contributed by atoms with E-state index < -0.39 is 0 Å². The molecular formula is C16H22N2OS. The molecule has 1 unspecified atom stereocenters. The van der Waals surface area contributed by atoms with Crippen LogP contribution in [0.3, 0.4) is 0 Å². The van der Waals surface area contributed by atoms with Crippen molar-refractivity contribution in [2.24, 2.45) is 5.73 Å². The molecule has 108 valence electrons. The fourth-order valence-electron chi connectivity index (χ4n) is 1.83. The smallest absolute Gasteiger partial charge is 0.252 e. The van der Waals surface area contributed by atoms with Gasteiger partial charge in [-0.3, -0.25) is 4.79 Å². The predicted molar refractivity (Wildman–Crippen MR) is 87.0 cm³/mol. The van der Waals surface area contributed by atoms with Crippen molar-refractivity contribution in [2.45, 2.75) is 26.3 Å². The molecule has 3 nitrogen and oxygen atoms in total. The first-order chi connectivity index (χ1) is 9.62. The van der Waals surface area contributed by atoms with Gasteiger partial charge in [-0.1, -0.05) is 24.8 Å². The molecule has 0 aliphatic carbocycles. The van der Waals surface area contributed by atoms with E-state index in [1.54, 1.807) is 11.8 Å². The number of amides is 1. The monoisotopic (exact) mass is 290 g/mol. The fourth-order valence-corrected chi connectivity index (χ4v) is 2.55. The summed E-state index contributed by atoms with van der Waals surface area (Å²) in [6, 6.07) is 5.87. The molecule has 1 aromatic rings. The third kappa shape index (κ3) is 4.92. The Balaban J connectivity index is 2.97. The second kappa shape index (κ2) is 8.68. The Labute approximate surface area is 125 Å². The van der Waals surface area contributed by atoms with Gasteiger partial charge >= 0.3 is 0 Å². The maximum atomic E-state index is 12.4. The Hall–Kier alpha value is -1.44. The summed E-state index contributed by atoms with van der Waals surface area (Å²) < 4.78 is 0. The number of carbonyl (C=O) groups excluding carboxylic acids is 1. The van der Waals surface area contributed by atoms with E-state index in [2.05, 4.69) is 24.1 Å². The second-order valence-electron chi connectivity index (χ2n) is 4.59. The summed E-state index contributed by atoms with van der Waals surface area (Å²) >= 11 is 1.73. The van der Waals surface area contributed by atoms with E-state index in [9.17, 15) is 4.79 Å². The van der Waals surface area contributed by atoms with E-state index in [-0.39, 0.29) is 11.9 Å². The van der Waals surface area contributed by atoms with Crippen LogP contribution in [-0.4, -0.2) is 30.5 Å². The van der Waals surface area contributed by atoms with Gasteiger partial charge in [-0.05, 0) is 37.3 Å². The van der Waals surface area contributed by atoms with Crippen LogP contribution in [0.25, 0.3) is 0 Å². The van der Waals surface area contributed by atoms with Crippen LogP contribution < -0.4 is 11.1 Å². The third-order valence-electron chi connectivity index (χ3n) is 2.94. The molecule has 4 heteroatoms. The number of benzene rings is 1. The van der Waals surface area contributed by atoms with E-state index in [1.807, 2.05) is 31.4 Å². The van der Waals surface area contributed by atoms with Crippen molar-refractivity contribution >= 4 is 17.7 Å². The zero-order valence-electron chi connectivity index (χ0n) is 12.3. The Morgan fingerprint density at radius 3 is 2.85 bits per heavy atom. The minimum Gasteiger partial charge on any atom is -0.348 e. The highest BCUT2D eigenvalue weighted by molar-refractivity contribution is 7.98. The van der Waals surface area contributed by atoms with Gasteiger partial charge in [-0.25, -0.2) is 0 Å². The number of nitrogens with two attached hydrogens (primary N) is 1. The zero-order chi connectivity index (χ0) is 15.0. The summed E-state index contributed by atoms with van der Waals surface area (Å²) in [4.78, 5) is 12.4. The van der Waals surface area contributed by atoms with Gasteiger partial charge in [-0.2, -0.15) is 11.8 Å². The van der Waals surface area contributed by atoms with Gasteiger partial charge in [0.25, 0.3) is 5.91 Å². The number of rotatable bonds is 5. The number of aryl methyl sites for hydroxylation is 1. The van der Waals surface area contributed by atoms with E-state index in [4.69, 9.17) is 5.73 Å². The largest absolute Gasteiger partial charge is 0.348 e. The first-order valence-electron chi connectivity index (χ1n) is 6.71. The minimum atomic E-state index is -0.0628. The third-order valence-corrected chi connectivity index (χ3v) is 3.68. The van der Waals surface area contributed by atoms with Gasteiger partial charge in [0.1, 0.15) is 0 Å². The highest BCUT2D eigenvalue weighted by Gasteiger charge is 2.14. The molecule has 0 aliphatic rings. The molecule has 0 spiro atoms. The van der Waals surface area contributed by atoms with Crippen molar-refractivity contribution in [2.75, 3.05) is 18.6 Å². The molecule has 0 bridgehead atoms. The molecule has 20 heavy (non-hydrogen) atoms. The first-order valence-corrected chi connectivity index (χ1v) is 8.11. The molecule has 3 N–H and O–H groups in total. The highest BCUT2D eigenvalue weighted by Crippen LogP contribution is 2.12. The maximum absolute atomic E-state index is 12.4. The van der Waals surface area contributed by atoms with Crippen LogP contribution in [0.1, 0.15) is 34.8 Å². The quantitative estimate of drug-likeness (QED) is 0.817. The lowest BCUT2D eigenvalue weighted by Gasteiger charge is -2.16. The average Bonchev–Trinajstić information content (AvgIpc) is 2.44. The summed E-state index contributed by atoms with van der Waals surface area (Å²) in [6.45, 7) is 4.35. The molecule has 0 saturated heterocycles. The molecule has 0 heterocycles. The molecule has 1 aromatic carbocycles. The predicted octanol–water partition coefficient (Wildman–Crippen LogP) is 2.18. The summed E-state index contributed by atoms with van der Waals surface area (Å²) in [6.07, 6.45) is 2.96. The Kier molecular flexibility index (Phi) is 7.21. The fraction of sp³-hybridized carbons (Fsp3) is 0.438. The van der Waals surface area contributed by atoms with E-state index in [0.29, 0.717) is 12.1 Å². The Bertz CT molecular complexity index is 517. The van der Waals surface area contributed by atoms with E-state index in [0.717, 1.165) is 23.3 Å². The molecule has 0 fully saturated rings. The number of hydrogen-bond donors (Lipinski definition) is 2. The summed E-state index contributed by atoms with van der Waals surface area (Å²) in [5.41, 5.74) is 7.85. The molecule has 1 atom stereocenters. The zero-order valence-corrected chi connectivity index (χ0v) is 13.1. The van der Waals surface area contributed by atoms with Gasteiger partial charge in [0.15, 0.2) is 0 Å². The van der Waals surface area contributed by atoms with Crippen LogP contribution in [0.2, 0.25) is 0 Å². The molecule has 1 rings (SSSR count). The maximum Gasteiger partial charge on any atom is 0.252 e. The molecule has 0 aliphatic heterocycles. The lowest BCUT2D eigenvalue weighted by atomic mass is 10.0. The molecule has 0 aromatic heterocycles. The molecule has 0 radical (unpaired) electrons. The van der Waals surface area contributed by atoms with Gasteiger partial charge in [-0.15, -0.1) is 0 Å². The highest BCUT2D eigenvalue weighted by atomic mass is 32.2. The van der Waals surface area contributed by atoms with Crippen LogP contribution in [-0.2, 0) is 0 Å². The van der Waals surface area contributed by atoms with Crippen molar-refractivity contribution < 1.29 is 4.79 Å². The molecular weight excluding hydrogens is 268 g/mol. The van der Waals surface area contributed by atoms with Crippen LogP contribution in [0, 0.1) is 18.8 Å². The average molecular weight is 290 g/mol. The first kappa shape index (κ1) is 16.6. The normalized spacial score (nSPS) is 11.4. The SMILES string of the molecule is CCC(CSC)NC(=O)c1ccc(C)cc1C#CCN. The number of nitrogens with one attached hydrogen (secondary N) is 1. The topological polar surface area (TPSA) is 55.1 Å². The molecule has 0 saturated carbocycles. The number of thioether (sulfide) groups is 1.